The lowest BCUT2D eigenvalue weighted by molar-refractivity contribution is -0.115. The zero-order valence-corrected chi connectivity index (χ0v) is 18.1. The monoisotopic (exact) mass is 460 g/mol. The molecule has 0 saturated heterocycles. The highest BCUT2D eigenvalue weighted by Gasteiger charge is 2.33. The van der Waals surface area contributed by atoms with Crippen LogP contribution in [0.5, 0.6) is 11.5 Å². The van der Waals surface area contributed by atoms with Crippen LogP contribution in [0.15, 0.2) is 47.7 Å². The number of allylic oxidation sites excluding steroid dienone is 1. The number of hydrogen-bond donors (Lipinski definition) is 2. The molecule has 9 nitrogen and oxygen atoms in total. The number of hydrogen-bond acceptors (Lipinski definition) is 7. The van der Waals surface area contributed by atoms with Gasteiger partial charge in [0, 0.05) is 5.70 Å². The van der Waals surface area contributed by atoms with E-state index < -0.39 is 11.9 Å². The van der Waals surface area contributed by atoms with E-state index in [1.165, 1.54) is 11.8 Å². The second-order valence-corrected chi connectivity index (χ2v) is 7.64. The van der Waals surface area contributed by atoms with Crippen LogP contribution in [0.4, 0.5) is 5.95 Å². The van der Waals surface area contributed by atoms with Gasteiger partial charge in [0.15, 0.2) is 11.5 Å². The zero-order valence-electron chi connectivity index (χ0n) is 16.6. The average Bonchev–Trinajstić information content (AvgIpc) is 3.21. The molecule has 0 fully saturated rings. The predicted molar refractivity (Wildman–Crippen MR) is 115 cm³/mol. The third-order valence-electron chi connectivity index (χ3n) is 4.86. The molecule has 1 amide bonds. The Morgan fingerprint density at radius 1 is 1.19 bits per heavy atom. The summed E-state index contributed by atoms with van der Waals surface area (Å²) in [6, 6.07) is 10.0. The molecule has 0 bridgehead atoms. The third-order valence-corrected chi connectivity index (χ3v) is 5.60. The van der Waals surface area contributed by atoms with Crippen LogP contribution >= 0.6 is 23.2 Å². The van der Waals surface area contributed by atoms with Crippen LogP contribution in [-0.4, -0.2) is 33.2 Å². The molecule has 0 saturated carbocycles. The quantitative estimate of drug-likeness (QED) is 0.578. The number of methoxy groups -OCH3 is 1. The van der Waals surface area contributed by atoms with Crippen molar-refractivity contribution in [3.63, 3.8) is 0 Å². The second-order valence-electron chi connectivity index (χ2n) is 6.82. The van der Waals surface area contributed by atoms with E-state index in [1.54, 1.807) is 31.2 Å². The van der Waals surface area contributed by atoms with Crippen LogP contribution in [0.2, 0.25) is 10.0 Å². The van der Waals surface area contributed by atoms with E-state index in [-0.39, 0.29) is 6.61 Å². The Kier molecular flexibility index (Phi) is 5.71. The highest BCUT2D eigenvalue weighted by molar-refractivity contribution is 6.42. The summed E-state index contributed by atoms with van der Waals surface area (Å²) >= 11 is 12.0. The number of carbonyl (C=O) groups excluding carboxylic acids is 1. The summed E-state index contributed by atoms with van der Waals surface area (Å²) in [5.74, 6) is 0.832. The number of nitrogens with one attached hydrogen (secondary N) is 1. The number of carbonyl (C=O) groups is 1. The fourth-order valence-electron chi connectivity index (χ4n) is 3.40. The minimum absolute atomic E-state index is 0.267. The van der Waals surface area contributed by atoms with Gasteiger partial charge in [-0.1, -0.05) is 40.4 Å². The fraction of sp³-hybridized carbons (Fsp3) is 0.200. The molecule has 1 unspecified atom stereocenters. The van der Waals surface area contributed by atoms with Gasteiger partial charge in [-0.2, -0.15) is 4.68 Å². The average molecular weight is 461 g/mol. The predicted octanol–water partition coefficient (Wildman–Crippen LogP) is 3.34. The van der Waals surface area contributed by atoms with Crippen LogP contribution in [0, 0.1) is 0 Å². The van der Waals surface area contributed by atoms with Crippen molar-refractivity contribution in [1.82, 2.24) is 20.2 Å². The lowest BCUT2D eigenvalue weighted by atomic mass is 9.95. The number of benzene rings is 2. The van der Waals surface area contributed by atoms with Crippen molar-refractivity contribution in [2.24, 2.45) is 5.73 Å². The maximum Gasteiger partial charge on any atom is 0.248 e. The van der Waals surface area contributed by atoms with Gasteiger partial charge in [-0.15, -0.1) is 0 Å². The Hall–Kier alpha value is -3.30. The summed E-state index contributed by atoms with van der Waals surface area (Å²) in [5.41, 5.74) is 8.15. The summed E-state index contributed by atoms with van der Waals surface area (Å²) in [6.45, 7) is 2.01. The van der Waals surface area contributed by atoms with E-state index in [1.807, 2.05) is 12.1 Å². The standard InChI is InChI=1S/C20H18Cl2N6O3/c1-10-17(19(23)29)18(28-20(24-10)25-26-27-28)12-4-6-15(16(8-12)30-2)31-9-11-3-5-13(21)14(22)7-11/h3-8,18H,9H2,1-2H3,(H2,23,29)(H,24,25,27). The summed E-state index contributed by atoms with van der Waals surface area (Å²) in [6.07, 6.45) is 0. The Morgan fingerprint density at radius 3 is 2.71 bits per heavy atom. The Bertz CT molecular complexity index is 1190. The number of anilines is 1. The normalized spacial score (nSPS) is 15.3. The molecule has 0 spiro atoms. The zero-order chi connectivity index (χ0) is 22.1. The number of amides is 1. The first-order valence-corrected chi connectivity index (χ1v) is 9.94. The van der Waals surface area contributed by atoms with Gasteiger partial charge in [-0.25, -0.2) is 0 Å². The Morgan fingerprint density at radius 2 is 2.00 bits per heavy atom. The minimum atomic E-state index is -0.609. The summed E-state index contributed by atoms with van der Waals surface area (Å²) < 4.78 is 12.9. The number of ether oxygens (including phenoxy) is 2. The van der Waals surface area contributed by atoms with Crippen molar-refractivity contribution in [3.8, 4) is 11.5 Å². The molecule has 0 aliphatic carbocycles. The van der Waals surface area contributed by atoms with Crippen molar-refractivity contribution < 1.29 is 14.3 Å². The molecule has 3 N–H and O–H groups in total. The Balaban J connectivity index is 1.66. The number of halogens is 2. The van der Waals surface area contributed by atoms with E-state index in [4.69, 9.17) is 38.4 Å². The Labute approximate surface area is 187 Å². The van der Waals surface area contributed by atoms with Crippen LogP contribution in [0.3, 0.4) is 0 Å². The van der Waals surface area contributed by atoms with Crippen LogP contribution in [0.1, 0.15) is 24.1 Å². The number of rotatable bonds is 6. The van der Waals surface area contributed by atoms with Gasteiger partial charge in [-0.05, 0) is 52.7 Å². The first kappa shape index (κ1) is 21.0. The van der Waals surface area contributed by atoms with Crippen LogP contribution in [0.25, 0.3) is 0 Å². The van der Waals surface area contributed by atoms with Crippen molar-refractivity contribution in [2.45, 2.75) is 19.6 Å². The number of primary amides is 1. The number of fused-ring (bicyclic) bond motifs is 1. The van der Waals surface area contributed by atoms with Crippen molar-refractivity contribution in [3.05, 3.63) is 68.8 Å². The molecular weight excluding hydrogens is 443 g/mol. The molecule has 1 aromatic heterocycles. The topological polar surface area (TPSA) is 117 Å². The number of nitrogens with two attached hydrogens (primary N) is 1. The van der Waals surface area contributed by atoms with Crippen LogP contribution in [-0.2, 0) is 11.4 Å². The largest absolute Gasteiger partial charge is 0.493 e. The first-order valence-electron chi connectivity index (χ1n) is 9.19. The summed E-state index contributed by atoms with van der Waals surface area (Å²) in [7, 11) is 1.53. The van der Waals surface area contributed by atoms with Gasteiger partial charge < -0.3 is 20.5 Å². The molecule has 3 aromatic rings. The third kappa shape index (κ3) is 4.01. The summed E-state index contributed by atoms with van der Waals surface area (Å²) in [5, 5.41) is 15.6. The number of aromatic nitrogens is 4. The molecule has 160 valence electrons. The van der Waals surface area contributed by atoms with Crippen molar-refractivity contribution in [2.75, 3.05) is 12.4 Å². The molecule has 1 atom stereocenters. The molecule has 31 heavy (non-hydrogen) atoms. The first-order chi connectivity index (χ1) is 14.9. The van der Waals surface area contributed by atoms with Crippen molar-refractivity contribution in [1.29, 1.82) is 0 Å². The molecule has 1 aliphatic heterocycles. The maximum absolute atomic E-state index is 12.2. The van der Waals surface area contributed by atoms with Gasteiger partial charge >= 0.3 is 0 Å². The van der Waals surface area contributed by atoms with Crippen LogP contribution < -0.4 is 20.5 Å². The van der Waals surface area contributed by atoms with Gasteiger partial charge in [0.25, 0.3) is 0 Å². The second kappa shape index (κ2) is 8.44. The fourth-order valence-corrected chi connectivity index (χ4v) is 3.72. The molecular formula is C20H18Cl2N6O3. The van der Waals surface area contributed by atoms with Gasteiger partial charge in [0.2, 0.25) is 11.9 Å². The van der Waals surface area contributed by atoms with E-state index >= 15 is 0 Å². The van der Waals surface area contributed by atoms with E-state index in [9.17, 15) is 4.79 Å². The van der Waals surface area contributed by atoms with Gasteiger partial charge in [-0.3, -0.25) is 4.79 Å². The number of nitrogens with zero attached hydrogens (tertiary/aromatic N) is 4. The van der Waals surface area contributed by atoms with Crippen molar-refractivity contribution >= 4 is 35.1 Å². The highest BCUT2D eigenvalue weighted by Crippen LogP contribution is 2.38. The lowest BCUT2D eigenvalue weighted by Crippen LogP contribution is -2.31. The molecule has 11 heteroatoms. The maximum atomic E-state index is 12.2. The molecule has 4 rings (SSSR count). The molecule has 2 heterocycles. The lowest BCUT2D eigenvalue weighted by Gasteiger charge is -2.27. The molecule has 1 aliphatic rings. The summed E-state index contributed by atoms with van der Waals surface area (Å²) in [4.78, 5) is 12.2. The molecule has 2 aromatic carbocycles. The molecule has 0 radical (unpaired) electrons. The van der Waals surface area contributed by atoms with E-state index in [0.29, 0.717) is 44.3 Å². The smallest absolute Gasteiger partial charge is 0.248 e. The van der Waals surface area contributed by atoms with Gasteiger partial charge in [0.05, 0.1) is 22.7 Å². The van der Waals surface area contributed by atoms with E-state index in [0.717, 1.165) is 5.56 Å². The van der Waals surface area contributed by atoms with E-state index in [2.05, 4.69) is 20.8 Å². The highest BCUT2D eigenvalue weighted by atomic mass is 35.5. The van der Waals surface area contributed by atoms with Gasteiger partial charge in [0.1, 0.15) is 12.6 Å². The number of tetrazole rings is 1. The minimum Gasteiger partial charge on any atom is -0.493 e. The SMILES string of the molecule is COc1cc(C2C(C(N)=O)=C(C)Nc3nnnn32)ccc1OCc1ccc(Cl)c(Cl)c1.